The highest BCUT2D eigenvalue weighted by Crippen LogP contribution is 2.51. The number of benzene rings is 5. The molecule has 1 N–H and O–H groups in total. The number of fused-ring (bicyclic) bond motifs is 1. The quantitative estimate of drug-likeness (QED) is 0.114. The number of thioether (sulfide) groups is 1. The van der Waals surface area contributed by atoms with Gasteiger partial charge in [0.1, 0.15) is 5.84 Å². The lowest BCUT2D eigenvalue weighted by molar-refractivity contribution is -0.142. The van der Waals surface area contributed by atoms with E-state index in [2.05, 4.69) is 94.6 Å². The number of carbonyl (C=O) groups is 1. The number of esters is 1. The van der Waals surface area contributed by atoms with E-state index < -0.39 is 26.8 Å². The third-order valence-electron chi connectivity index (χ3n) is 7.59. The monoisotopic (exact) mass is 618 g/mol. The van der Waals surface area contributed by atoms with Gasteiger partial charge in [0.2, 0.25) is 0 Å². The van der Waals surface area contributed by atoms with Gasteiger partial charge in [-0.25, -0.2) is 13.2 Å². The first-order valence-corrected chi connectivity index (χ1v) is 16.4. The number of nitrogens with one attached hydrogen (secondary N) is 1. The molecule has 0 radical (unpaired) electrons. The Hall–Kier alpha value is -4.66. The molecule has 5 aromatic carbocycles. The molecule has 0 fully saturated rings. The summed E-state index contributed by atoms with van der Waals surface area (Å²) in [5.41, 5.74) is 4.78. The first kappa shape index (κ1) is 29.4. The molecule has 44 heavy (non-hydrogen) atoms. The van der Waals surface area contributed by atoms with Gasteiger partial charge in [-0.3, -0.25) is 9.71 Å². The summed E-state index contributed by atoms with van der Waals surface area (Å²) >= 11 is 1.76. The summed E-state index contributed by atoms with van der Waals surface area (Å²) < 4.78 is 32.2. The number of nitrogens with zero attached hydrogens (tertiary/aromatic N) is 1. The lowest BCUT2D eigenvalue weighted by Gasteiger charge is -2.35. The minimum absolute atomic E-state index is 0.140. The standard InChI is InChI=1S/C36H30N2O4S2/c1-42-35(39)32(37-34-31-19-11-12-20-33(31)44(40,41)38-34)25-26-21-23-30(24-22-26)43-36(27-13-5-2-6-14-27,28-15-7-3-8-16-28)29-17-9-4-10-18-29/h2-24,32H,25H2,1H3,(H,37,38)/t32-/m0/s1. The summed E-state index contributed by atoms with van der Waals surface area (Å²) in [5, 5.41) is 0. The molecule has 6 rings (SSSR count). The van der Waals surface area contributed by atoms with Crippen LogP contribution in [-0.4, -0.2) is 33.4 Å². The van der Waals surface area contributed by atoms with Crippen LogP contribution in [0.15, 0.2) is 154 Å². The van der Waals surface area contributed by atoms with Crippen molar-refractivity contribution in [1.29, 1.82) is 0 Å². The number of ether oxygens (including phenoxy) is 1. The molecule has 8 heteroatoms. The number of aliphatic imine (C=N–C) groups is 1. The Balaban J connectivity index is 1.34. The van der Waals surface area contributed by atoms with Crippen molar-refractivity contribution in [2.24, 2.45) is 4.99 Å². The molecule has 5 aromatic rings. The van der Waals surface area contributed by atoms with Crippen molar-refractivity contribution in [3.63, 3.8) is 0 Å². The van der Waals surface area contributed by atoms with Crippen LogP contribution in [0, 0.1) is 0 Å². The van der Waals surface area contributed by atoms with Gasteiger partial charge < -0.3 is 4.74 Å². The molecule has 0 saturated heterocycles. The molecule has 1 aliphatic heterocycles. The summed E-state index contributed by atoms with van der Waals surface area (Å²) in [6.07, 6.45) is 0.242. The smallest absolute Gasteiger partial charge is 0.331 e. The second-order valence-electron chi connectivity index (χ2n) is 10.3. The normalized spacial score (nSPS) is 15.2. The molecule has 0 aliphatic carbocycles. The van der Waals surface area contributed by atoms with E-state index in [4.69, 9.17) is 4.74 Å². The van der Waals surface area contributed by atoms with Gasteiger partial charge >= 0.3 is 5.97 Å². The second-order valence-corrected chi connectivity index (χ2v) is 13.3. The zero-order chi connectivity index (χ0) is 30.6. The van der Waals surface area contributed by atoms with Crippen molar-refractivity contribution in [2.75, 3.05) is 7.11 Å². The number of hydrogen-bond acceptors (Lipinski definition) is 6. The van der Waals surface area contributed by atoms with E-state index in [0.29, 0.717) is 5.56 Å². The van der Waals surface area contributed by atoms with Crippen LogP contribution in [0.25, 0.3) is 0 Å². The molecule has 0 bridgehead atoms. The molecular weight excluding hydrogens is 589 g/mol. The minimum Gasteiger partial charge on any atom is -0.467 e. The lowest BCUT2D eigenvalue weighted by Crippen LogP contribution is -2.29. The maximum Gasteiger partial charge on any atom is 0.331 e. The van der Waals surface area contributed by atoms with Crippen LogP contribution in [0.3, 0.4) is 0 Å². The van der Waals surface area contributed by atoms with Crippen molar-refractivity contribution in [1.82, 2.24) is 4.72 Å². The molecule has 0 aromatic heterocycles. The van der Waals surface area contributed by atoms with Gasteiger partial charge in [-0.1, -0.05) is 115 Å². The fourth-order valence-electron chi connectivity index (χ4n) is 5.49. The third-order valence-corrected chi connectivity index (χ3v) is 10.5. The second kappa shape index (κ2) is 12.5. The number of methoxy groups -OCH3 is 1. The number of sulfonamides is 1. The largest absolute Gasteiger partial charge is 0.467 e. The van der Waals surface area contributed by atoms with Crippen LogP contribution in [0.4, 0.5) is 0 Å². The fraction of sp³-hybridized carbons (Fsp3) is 0.111. The molecule has 1 atom stereocenters. The van der Waals surface area contributed by atoms with Crippen LogP contribution in [0.1, 0.15) is 27.8 Å². The van der Waals surface area contributed by atoms with E-state index >= 15 is 0 Å². The molecule has 6 nitrogen and oxygen atoms in total. The molecule has 0 unspecified atom stereocenters. The average molecular weight is 619 g/mol. The van der Waals surface area contributed by atoms with Crippen molar-refractivity contribution in [3.8, 4) is 0 Å². The number of carbonyl (C=O) groups excluding carboxylic acids is 1. The molecule has 0 amide bonds. The van der Waals surface area contributed by atoms with Gasteiger partial charge in [-0.15, -0.1) is 11.8 Å². The molecule has 1 heterocycles. The summed E-state index contributed by atoms with van der Waals surface area (Å²) in [5.74, 6) is -0.405. The van der Waals surface area contributed by atoms with Crippen molar-refractivity contribution in [2.45, 2.75) is 27.0 Å². The van der Waals surface area contributed by atoms with E-state index in [1.54, 1.807) is 30.0 Å². The number of rotatable bonds is 9. The van der Waals surface area contributed by atoms with Gasteiger partial charge in [-0.05, 0) is 46.5 Å². The molecule has 220 valence electrons. The first-order valence-electron chi connectivity index (χ1n) is 14.1. The Morgan fingerprint density at radius 3 is 1.77 bits per heavy atom. The Bertz CT molecular complexity index is 1800. The van der Waals surface area contributed by atoms with Crippen molar-refractivity contribution in [3.05, 3.63) is 167 Å². The lowest BCUT2D eigenvalue weighted by atomic mass is 9.84. The van der Waals surface area contributed by atoms with Crippen LogP contribution in [0.5, 0.6) is 0 Å². The highest BCUT2D eigenvalue weighted by molar-refractivity contribution is 8.00. The third kappa shape index (κ3) is 5.78. The van der Waals surface area contributed by atoms with Crippen LogP contribution in [0.2, 0.25) is 0 Å². The molecule has 0 saturated carbocycles. The zero-order valence-corrected chi connectivity index (χ0v) is 25.6. The Labute approximate surface area is 261 Å². The first-order chi connectivity index (χ1) is 21.4. The SMILES string of the molecule is COC(=O)[C@H](Cc1ccc(SC(c2ccccc2)(c2ccccc2)c2ccccc2)cc1)N=C1NS(=O)(=O)c2ccccc21. The van der Waals surface area contributed by atoms with E-state index in [9.17, 15) is 13.2 Å². The molecule has 0 spiro atoms. The molecule has 1 aliphatic rings. The van der Waals surface area contributed by atoms with Crippen molar-refractivity contribution >= 4 is 33.6 Å². The Kier molecular flexibility index (Phi) is 8.37. The Morgan fingerprint density at radius 1 is 0.750 bits per heavy atom. The van der Waals surface area contributed by atoms with E-state index in [1.165, 1.54) is 13.2 Å². The van der Waals surface area contributed by atoms with Gasteiger partial charge in [0.15, 0.2) is 6.04 Å². The fourth-order valence-corrected chi connectivity index (χ4v) is 8.12. The zero-order valence-electron chi connectivity index (χ0n) is 24.0. The van der Waals surface area contributed by atoms with Crippen LogP contribution in [-0.2, 0) is 30.7 Å². The highest BCUT2D eigenvalue weighted by atomic mass is 32.2. The van der Waals surface area contributed by atoms with E-state index in [-0.39, 0.29) is 17.2 Å². The summed E-state index contributed by atoms with van der Waals surface area (Å²) in [7, 11) is -2.43. The molecular formula is C36H30N2O4S2. The maximum absolute atomic E-state index is 12.8. The predicted molar refractivity (Wildman–Crippen MR) is 174 cm³/mol. The number of hydrogen-bond donors (Lipinski definition) is 1. The van der Waals surface area contributed by atoms with Gasteiger partial charge in [0.25, 0.3) is 10.0 Å². The van der Waals surface area contributed by atoms with Crippen LogP contribution >= 0.6 is 11.8 Å². The highest BCUT2D eigenvalue weighted by Gasteiger charge is 2.37. The van der Waals surface area contributed by atoms with Crippen molar-refractivity contribution < 1.29 is 17.9 Å². The Morgan fingerprint density at radius 2 is 1.25 bits per heavy atom. The van der Waals surface area contributed by atoms with Crippen LogP contribution < -0.4 is 4.72 Å². The summed E-state index contributed by atoms with van der Waals surface area (Å²) in [6, 6.07) is 45.2. The van der Waals surface area contributed by atoms with Gasteiger partial charge in [0, 0.05) is 16.9 Å². The predicted octanol–water partition coefficient (Wildman–Crippen LogP) is 6.59. The summed E-state index contributed by atoms with van der Waals surface area (Å²) in [4.78, 5) is 18.5. The number of amidine groups is 1. The van der Waals surface area contributed by atoms with E-state index in [0.717, 1.165) is 27.1 Å². The van der Waals surface area contributed by atoms with Gasteiger partial charge in [0.05, 0.1) is 16.8 Å². The van der Waals surface area contributed by atoms with E-state index in [1.807, 2.05) is 30.3 Å². The topological polar surface area (TPSA) is 84.8 Å². The minimum atomic E-state index is -3.73. The maximum atomic E-state index is 12.8. The summed E-state index contributed by atoms with van der Waals surface area (Å²) in [6.45, 7) is 0. The van der Waals surface area contributed by atoms with Gasteiger partial charge in [-0.2, -0.15) is 0 Å². The average Bonchev–Trinajstić information content (AvgIpc) is 3.34.